The smallest absolute Gasteiger partial charge is 0.257 e. The van der Waals surface area contributed by atoms with E-state index in [4.69, 9.17) is 14.2 Å². The second kappa shape index (κ2) is 9.70. The Morgan fingerprint density at radius 1 is 1.00 bits per heavy atom. The maximum atomic E-state index is 12.1. The van der Waals surface area contributed by atoms with Crippen molar-refractivity contribution < 1.29 is 19.0 Å². The molecule has 5 heteroatoms. The van der Waals surface area contributed by atoms with Gasteiger partial charge in [-0.1, -0.05) is 38.1 Å². The van der Waals surface area contributed by atoms with Gasteiger partial charge in [-0.2, -0.15) is 0 Å². The third kappa shape index (κ3) is 5.41. The zero-order valence-electron chi connectivity index (χ0n) is 15.8. The van der Waals surface area contributed by atoms with Crippen LogP contribution in [0.4, 0.5) is 0 Å². The molecule has 0 radical (unpaired) electrons. The largest absolute Gasteiger partial charge is 0.493 e. The summed E-state index contributed by atoms with van der Waals surface area (Å²) in [6.45, 7) is 4.80. The van der Waals surface area contributed by atoms with Crippen molar-refractivity contribution in [2.45, 2.75) is 19.8 Å². The second-order valence-corrected chi connectivity index (χ2v) is 6.37. The van der Waals surface area contributed by atoms with Gasteiger partial charge < -0.3 is 19.5 Å². The van der Waals surface area contributed by atoms with Crippen LogP contribution in [-0.4, -0.2) is 33.3 Å². The Morgan fingerprint density at radius 3 is 2.31 bits per heavy atom. The highest BCUT2D eigenvalue weighted by Crippen LogP contribution is 2.33. The molecule has 0 fully saturated rings. The van der Waals surface area contributed by atoms with E-state index in [1.165, 1.54) is 0 Å². The number of carbonyl (C=O) groups is 1. The molecule has 1 amide bonds. The van der Waals surface area contributed by atoms with Crippen molar-refractivity contribution in [3.05, 3.63) is 54.1 Å². The monoisotopic (exact) mass is 357 g/mol. The molecule has 0 aliphatic heterocycles. The number of methoxy groups -OCH3 is 2. The Kier molecular flexibility index (Phi) is 7.33. The van der Waals surface area contributed by atoms with E-state index in [1.807, 2.05) is 48.5 Å². The Morgan fingerprint density at radius 2 is 1.69 bits per heavy atom. The lowest BCUT2D eigenvalue weighted by Crippen LogP contribution is -2.33. The van der Waals surface area contributed by atoms with Crippen LogP contribution in [0.2, 0.25) is 0 Å². The molecule has 0 aliphatic rings. The predicted octanol–water partition coefficient (Wildman–Crippen LogP) is 3.64. The van der Waals surface area contributed by atoms with Crippen molar-refractivity contribution in [3.63, 3.8) is 0 Å². The van der Waals surface area contributed by atoms with Gasteiger partial charge in [0, 0.05) is 12.5 Å². The molecule has 2 aromatic carbocycles. The number of ether oxygens (including phenoxy) is 3. The van der Waals surface area contributed by atoms with E-state index in [1.54, 1.807) is 14.2 Å². The van der Waals surface area contributed by atoms with Gasteiger partial charge in [-0.3, -0.25) is 4.79 Å². The van der Waals surface area contributed by atoms with Gasteiger partial charge in [0.15, 0.2) is 18.1 Å². The maximum Gasteiger partial charge on any atom is 0.257 e. The van der Waals surface area contributed by atoms with Crippen LogP contribution in [0.15, 0.2) is 48.5 Å². The summed E-state index contributed by atoms with van der Waals surface area (Å²) in [7, 11) is 3.24. The maximum absolute atomic E-state index is 12.1. The number of rotatable bonds is 9. The van der Waals surface area contributed by atoms with Crippen LogP contribution in [0, 0.1) is 5.92 Å². The number of benzene rings is 2. The highest BCUT2D eigenvalue weighted by molar-refractivity contribution is 5.77. The molecule has 5 nitrogen and oxygen atoms in total. The molecule has 0 spiro atoms. The van der Waals surface area contributed by atoms with E-state index in [-0.39, 0.29) is 18.4 Å². The van der Waals surface area contributed by atoms with E-state index in [2.05, 4.69) is 19.2 Å². The normalized spacial score (nSPS) is 11.7. The fraction of sp³-hybridized carbons (Fsp3) is 0.381. The fourth-order valence-corrected chi connectivity index (χ4v) is 2.76. The molecule has 1 atom stereocenters. The van der Waals surface area contributed by atoms with Gasteiger partial charge in [-0.25, -0.2) is 0 Å². The summed E-state index contributed by atoms with van der Waals surface area (Å²) in [5, 5.41) is 2.96. The van der Waals surface area contributed by atoms with Crippen LogP contribution in [0.3, 0.4) is 0 Å². The molecule has 2 rings (SSSR count). The Hall–Kier alpha value is -2.69. The highest BCUT2D eigenvalue weighted by atomic mass is 16.5. The summed E-state index contributed by atoms with van der Waals surface area (Å²) < 4.78 is 16.2. The zero-order chi connectivity index (χ0) is 18.9. The first-order chi connectivity index (χ1) is 12.5. The van der Waals surface area contributed by atoms with Crippen LogP contribution in [0.1, 0.15) is 25.3 Å². The Labute approximate surface area is 155 Å². The van der Waals surface area contributed by atoms with Gasteiger partial charge in [0.2, 0.25) is 0 Å². The summed E-state index contributed by atoms with van der Waals surface area (Å²) in [4.78, 5) is 12.1. The van der Waals surface area contributed by atoms with E-state index in [9.17, 15) is 4.79 Å². The van der Waals surface area contributed by atoms with Gasteiger partial charge in [-0.15, -0.1) is 0 Å². The number of nitrogens with one attached hydrogen (secondary N) is 1. The number of hydrogen-bond acceptors (Lipinski definition) is 4. The first kappa shape index (κ1) is 19.6. The van der Waals surface area contributed by atoms with E-state index in [0.29, 0.717) is 29.7 Å². The predicted molar refractivity (Wildman–Crippen MR) is 102 cm³/mol. The van der Waals surface area contributed by atoms with Crippen molar-refractivity contribution in [1.82, 2.24) is 5.32 Å². The van der Waals surface area contributed by atoms with E-state index >= 15 is 0 Å². The minimum absolute atomic E-state index is 0.000756. The van der Waals surface area contributed by atoms with Crippen molar-refractivity contribution in [2.75, 3.05) is 27.4 Å². The van der Waals surface area contributed by atoms with E-state index < -0.39 is 0 Å². The Balaban J connectivity index is 1.96. The summed E-state index contributed by atoms with van der Waals surface area (Å²) in [5.41, 5.74) is 1.10. The average Bonchev–Trinajstić information content (AvgIpc) is 2.66. The van der Waals surface area contributed by atoms with Gasteiger partial charge >= 0.3 is 0 Å². The zero-order valence-corrected chi connectivity index (χ0v) is 15.8. The van der Waals surface area contributed by atoms with Crippen molar-refractivity contribution in [2.24, 2.45) is 5.92 Å². The van der Waals surface area contributed by atoms with Crippen molar-refractivity contribution >= 4 is 5.91 Å². The molecule has 1 unspecified atom stereocenters. The standard InChI is InChI=1S/C21H27NO4/c1-15(2)18(16-10-11-19(24-3)20(12-16)25-4)13-22-21(23)14-26-17-8-6-5-7-9-17/h5-12,15,18H,13-14H2,1-4H3,(H,22,23). The van der Waals surface area contributed by atoms with Gasteiger partial charge in [0.25, 0.3) is 5.91 Å². The SMILES string of the molecule is COc1ccc(C(CNC(=O)COc2ccccc2)C(C)C)cc1OC. The molecule has 26 heavy (non-hydrogen) atoms. The van der Waals surface area contributed by atoms with Crippen molar-refractivity contribution in [3.8, 4) is 17.2 Å². The fourth-order valence-electron chi connectivity index (χ4n) is 2.76. The molecule has 0 aromatic heterocycles. The lowest BCUT2D eigenvalue weighted by atomic mass is 9.88. The number of hydrogen-bond donors (Lipinski definition) is 1. The quantitative estimate of drug-likeness (QED) is 0.744. The molecule has 0 aliphatic carbocycles. The van der Waals surface area contributed by atoms with Crippen LogP contribution >= 0.6 is 0 Å². The molecule has 2 aromatic rings. The summed E-state index contributed by atoms with van der Waals surface area (Å²) in [5.74, 6) is 2.44. The summed E-state index contributed by atoms with van der Waals surface area (Å²) >= 11 is 0. The van der Waals surface area contributed by atoms with Crippen LogP contribution < -0.4 is 19.5 Å². The third-order valence-electron chi connectivity index (χ3n) is 4.27. The number of carbonyl (C=O) groups excluding carboxylic acids is 1. The molecule has 140 valence electrons. The second-order valence-electron chi connectivity index (χ2n) is 6.37. The van der Waals surface area contributed by atoms with Gasteiger partial charge in [0.1, 0.15) is 5.75 Å². The molecule has 0 saturated heterocycles. The molecule has 0 bridgehead atoms. The minimum atomic E-state index is -0.139. The van der Waals surface area contributed by atoms with E-state index in [0.717, 1.165) is 5.56 Å². The van der Waals surface area contributed by atoms with Crippen LogP contribution in [-0.2, 0) is 4.79 Å². The molecule has 0 heterocycles. The average molecular weight is 357 g/mol. The topological polar surface area (TPSA) is 56.8 Å². The lowest BCUT2D eigenvalue weighted by molar-refractivity contribution is -0.123. The van der Waals surface area contributed by atoms with Crippen LogP contribution in [0.25, 0.3) is 0 Å². The molecule has 1 N–H and O–H groups in total. The lowest BCUT2D eigenvalue weighted by Gasteiger charge is -2.23. The minimum Gasteiger partial charge on any atom is -0.493 e. The van der Waals surface area contributed by atoms with Crippen molar-refractivity contribution in [1.29, 1.82) is 0 Å². The van der Waals surface area contributed by atoms with Crippen LogP contribution in [0.5, 0.6) is 17.2 Å². The summed E-state index contributed by atoms with van der Waals surface area (Å²) in [6.07, 6.45) is 0. The molecule has 0 saturated carbocycles. The third-order valence-corrected chi connectivity index (χ3v) is 4.27. The number of amides is 1. The first-order valence-electron chi connectivity index (χ1n) is 8.71. The highest BCUT2D eigenvalue weighted by Gasteiger charge is 2.19. The molecular weight excluding hydrogens is 330 g/mol. The summed E-state index contributed by atoms with van der Waals surface area (Å²) in [6, 6.07) is 15.2. The van der Waals surface area contributed by atoms with Gasteiger partial charge in [0.05, 0.1) is 14.2 Å². The first-order valence-corrected chi connectivity index (χ1v) is 8.71. The number of para-hydroxylation sites is 1. The molecular formula is C21H27NO4. The van der Waals surface area contributed by atoms with Gasteiger partial charge in [-0.05, 0) is 35.7 Å². The Bertz CT molecular complexity index is 700.